The van der Waals surface area contributed by atoms with Gasteiger partial charge in [0.25, 0.3) is 0 Å². The fraction of sp³-hybridized carbons (Fsp3) is 0.323. The molecule has 4 aromatic rings. The second-order valence-electron chi connectivity index (χ2n) is 10.1. The fourth-order valence-corrected chi connectivity index (χ4v) is 4.23. The number of rotatable bonds is 12. The van der Waals surface area contributed by atoms with Gasteiger partial charge >= 0.3 is 5.97 Å². The average Bonchev–Trinajstić information content (AvgIpc) is 3.27. The normalized spacial score (nSPS) is 11.2. The van der Waals surface area contributed by atoms with E-state index in [-0.39, 0.29) is 29.9 Å². The van der Waals surface area contributed by atoms with Crippen LogP contribution in [0.1, 0.15) is 30.4 Å². The second kappa shape index (κ2) is 13.6. The van der Waals surface area contributed by atoms with E-state index in [0.717, 1.165) is 47.2 Å². The molecule has 196 valence electrons. The Kier molecular flexibility index (Phi) is 10.6. The first-order chi connectivity index (χ1) is 17.4. The highest BCUT2D eigenvalue weighted by Crippen LogP contribution is 2.23. The van der Waals surface area contributed by atoms with Crippen LogP contribution >= 0.6 is 0 Å². The predicted molar refractivity (Wildman–Crippen MR) is 147 cm³/mol. The van der Waals surface area contributed by atoms with E-state index in [1.807, 2.05) is 36.4 Å². The minimum absolute atomic E-state index is 0. The van der Waals surface area contributed by atoms with Gasteiger partial charge in [0.2, 0.25) is 0 Å². The number of aromatic nitrogens is 1. The number of hydrogen-bond acceptors (Lipinski definition) is 3. The maximum absolute atomic E-state index is 12.2. The molecule has 0 aliphatic heterocycles. The minimum Gasteiger partial charge on any atom is -1.00 e. The van der Waals surface area contributed by atoms with E-state index >= 15 is 0 Å². The molecule has 5 nitrogen and oxygen atoms in total. The number of ether oxygens (including phenoxy) is 2. The maximum Gasteiger partial charge on any atom is 0.310 e. The van der Waals surface area contributed by atoms with Crippen LogP contribution in [-0.4, -0.2) is 38.3 Å². The Morgan fingerprint density at radius 2 is 1.59 bits per heavy atom. The maximum atomic E-state index is 12.2. The van der Waals surface area contributed by atoms with Crippen molar-refractivity contribution in [2.24, 2.45) is 0 Å². The lowest BCUT2D eigenvalue weighted by Gasteiger charge is -2.23. The zero-order valence-corrected chi connectivity index (χ0v) is 24.2. The van der Waals surface area contributed by atoms with Crippen molar-refractivity contribution in [2.75, 3.05) is 27.7 Å². The van der Waals surface area contributed by atoms with E-state index in [4.69, 9.17) is 9.47 Å². The van der Waals surface area contributed by atoms with E-state index in [2.05, 4.69) is 74.4 Å². The molecule has 0 N–H and O–H groups in total. The van der Waals surface area contributed by atoms with Crippen molar-refractivity contribution in [1.82, 2.24) is 9.05 Å². The molecule has 4 rings (SSSR count). The Balaban J connectivity index is 0.00000380. The lowest BCUT2D eigenvalue weighted by atomic mass is 10.1. The Bertz CT molecular complexity index is 1260. The number of aryl methyl sites for hydroxylation is 1. The standard InChI is InChI=1S/C31H37N2O3.HI/c1-33(2,3)28-14-12-25(13-15-28)22-31(34)35-21-9-5-8-19-32-20-18-27-23-29(16-17-30(27)32)36-24-26-10-6-4-7-11-26;/h4,6-7,10-18,20,23H,5,8-9,19,21-22,24H2,1-3H3;1H/q+1;/p-1. The van der Waals surface area contributed by atoms with Gasteiger partial charge < -0.3 is 38.0 Å². The van der Waals surface area contributed by atoms with Gasteiger partial charge in [-0.15, -0.1) is 0 Å². The van der Waals surface area contributed by atoms with E-state index in [1.54, 1.807) is 0 Å². The van der Waals surface area contributed by atoms with E-state index in [0.29, 0.717) is 19.6 Å². The first kappa shape index (κ1) is 28.7. The number of nitrogens with zero attached hydrogens (tertiary/aromatic N) is 2. The Morgan fingerprint density at radius 3 is 2.32 bits per heavy atom. The largest absolute Gasteiger partial charge is 1.00 e. The number of benzene rings is 3. The van der Waals surface area contributed by atoms with Crippen LogP contribution in [0.3, 0.4) is 0 Å². The van der Waals surface area contributed by atoms with Gasteiger partial charge in [-0.2, -0.15) is 0 Å². The first-order valence-electron chi connectivity index (χ1n) is 12.7. The molecule has 0 spiro atoms. The van der Waals surface area contributed by atoms with Gasteiger partial charge in [0.05, 0.1) is 34.2 Å². The third-order valence-corrected chi connectivity index (χ3v) is 6.36. The number of hydrogen-bond donors (Lipinski definition) is 0. The number of fused-ring (bicyclic) bond motifs is 1. The van der Waals surface area contributed by atoms with E-state index in [9.17, 15) is 4.79 Å². The molecule has 0 unspecified atom stereocenters. The molecule has 1 aromatic heterocycles. The molecule has 0 amide bonds. The van der Waals surface area contributed by atoms with Crippen LogP contribution in [0.4, 0.5) is 5.69 Å². The van der Waals surface area contributed by atoms with Crippen molar-refractivity contribution < 1.29 is 38.2 Å². The molecule has 6 heteroatoms. The number of quaternary nitrogens is 1. The summed E-state index contributed by atoms with van der Waals surface area (Å²) in [5.41, 5.74) is 4.57. The van der Waals surface area contributed by atoms with Crippen LogP contribution in [0.15, 0.2) is 85.1 Å². The van der Waals surface area contributed by atoms with Gasteiger partial charge in [0, 0.05) is 23.6 Å². The lowest BCUT2D eigenvalue weighted by Crippen LogP contribution is -3.00. The van der Waals surface area contributed by atoms with Gasteiger partial charge in [-0.25, -0.2) is 0 Å². The molecular weight excluding hydrogens is 575 g/mol. The second-order valence-corrected chi connectivity index (χ2v) is 10.1. The van der Waals surface area contributed by atoms with Gasteiger partial charge in [-0.05, 0) is 66.8 Å². The molecule has 0 aliphatic rings. The van der Waals surface area contributed by atoms with Crippen molar-refractivity contribution in [3.63, 3.8) is 0 Å². The molecule has 0 saturated heterocycles. The molecule has 0 radical (unpaired) electrons. The van der Waals surface area contributed by atoms with Crippen LogP contribution in [0.25, 0.3) is 10.9 Å². The van der Waals surface area contributed by atoms with Gasteiger partial charge in [0.15, 0.2) is 0 Å². The number of carbonyl (C=O) groups excluding carboxylic acids is 1. The molecule has 37 heavy (non-hydrogen) atoms. The summed E-state index contributed by atoms with van der Waals surface area (Å²) < 4.78 is 14.5. The highest BCUT2D eigenvalue weighted by atomic mass is 127. The van der Waals surface area contributed by atoms with Crippen LogP contribution in [0, 0.1) is 0 Å². The topological polar surface area (TPSA) is 40.5 Å². The predicted octanol–water partition coefficient (Wildman–Crippen LogP) is 3.38. The number of carbonyl (C=O) groups is 1. The molecular formula is C31H37IN2O3. The van der Waals surface area contributed by atoms with Gasteiger partial charge in [-0.3, -0.25) is 9.28 Å². The summed E-state index contributed by atoms with van der Waals surface area (Å²) in [4.78, 5) is 12.2. The molecule has 0 aliphatic carbocycles. The van der Waals surface area contributed by atoms with Crippen LogP contribution in [0.5, 0.6) is 5.75 Å². The third-order valence-electron chi connectivity index (χ3n) is 6.36. The summed E-state index contributed by atoms with van der Waals surface area (Å²) in [6, 6.07) is 26.8. The number of esters is 1. The smallest absolute Gasteiger partial charge is 0.310 e. The quantitative estimate of drug-likeness (QED) is 0.107. The molecule has 3 aromatic carbocycles. The first-order valence-corrected chi connectivity index (χ1v) is 12.7. The van der Waals surface area contributed by atoms with Gasteiger partial charge in [0.1, 0.15) is 18.0 Å². The fourth-order valence-electron chi connectivity index (χ4n) is 4.23. The highest BCUT2D eigenvalue weighted by Gasteiger charge is 2.12. The summed E-state index contributed by atoms with van der Waals surface area (Å²) in [5.74, 6) is 0.727. The van der Waals surface area contributed by atoms with Crippen LogP contribution < -0.4 is 33.2 Å². The van der Waals surface area contributed by atoms with Crippen LogP contribution in [0.2, 0.25) is 0 Å². The summed E-state index contributed by atoms with van der Waals surface area (Å²) in [5, 5.41) is 1.18. The molecule has 0 fully saturated rings. The van der Waals surface area contributed by atoms with Crippen molar-refractivity contribution >= 4 is 22.6 Å². The van der Waals surface area contributed by atoms with Crippen molar-refractivity contribution in [3.8, 4) is 5.75 Å². The van der Waals surface area contributed by atoms with Crippen molar-refractivity contribution in [2.45, 2.75) is 38.8 Å². The molecule has 0 atom stereocenters. The molecule has 0 saturated carbocycles. The third kappa shape index (κ3) is 8.61. The summed E-state index contributed by atoms with van der Waals surface area (Å²) in [6.07, 6.45) is 5.39. The number of unbranched alkanes of at least 4 members (excludes halogenated alkanes) is 2. The van der Waals surface area contributed by atoms with Crippen molar-refractivity contribution in [1.29, 1.82) is 0 Å². The van der Waals surface area contributed by atoms with Crippen molar-refractivity contribution in [3.05, 3.63) is 96.2 Å². The SMILES string of the molecule is C[N+](C)(C)c1ccc(CC(=O)OCCCCCn2ccc3cc(OCc4ccccc4)ccc32)cc1.[I-]. The van der Waals surface area contributed by atoms with Crippen LogP contribution in [-0.2, 0) is 29.1 Å². The minimum atomic E-state index is -0.158. The van der Waals surface area contributed by atoms with E-state index in [1.165, 1.54) is 16.6 Å². The highest BCUT2D eigenvalue weighted by molar-refractivity contribution is 5.81. The molecule has 0 bridgehead atoms. The zero-order valence-electron chi connectivity index (χ0n) is 22.0. The Morgan fingerprint density at radius 1 is 0.838 bits per heavy atom. The number of halogens is 1. The molecule has 1 heterocycles. The lowest BCUT2D eigenvalue weighted by molar-refractivity contribution is -0.142. The monoisotopic (exact) mass is 612 g/mol. The van der Waals surface area contributed by atoms with Gasteiger partial charge in [-0.1, -0.05) is 42.5 Å². The van der Waals surface area contributed by atoms with E-state index < -0.39 is 0 Å². The summed E-state index contributed by atoms with van der Waals surface area (Å²) >= 11 is 0. The Hall–Kier alpha value is -2.84. The summed E-state index contributed by atoms with van der Waals surface area (Å²) in [7, 11) is 6.38. The zero-order chi connectivity index (χ0) is 25.4. The Labute approximate surface area is 237 Å². The summed E-state index contributed by atoms with van der Waals surface area (Å²) in [6.45, 7) is 1.99. The average molecular weight is 613 g/mol.